The minimum absolute atomic E-state index is 0.0932. The van der Waals surface area contributed by atoms with Crippen LogP contribution in [0.2, 0.25) is 0 Å². The number of nitrogens with zero attached hydrogens (tertiary/aromatic N) is 1. The highest BCUT2D eigenvalue weighted by Crippen LogP contribution is 2.33. The molecule has 2 amide bonds. The smallest absolute Gasteiger partial charge is 0.237 e. The molecule has 1 atom stereocenters. The lowest BCUT2D eigenvalue weighted by Gasteiger charge is -2.29. The van der Waals surface area contributed by atoms with Crippen molar-refractivity contribution >= 4 is 11.8 Å². The predicted molar refractivity (Wildman–Crippen MR) is 104 cm³/mol. The Balaban J connectivity index is 1.84. The van der Waals surface area contributed by atoms with E-state index in [-0.39, 0.29) is 17.7 Å². The third kappa shape index (κ3) is 5.35. The number of nitrogens with one attached hydrogen (secondary N) is 1. The molecule has 1 aliphatic rings. The van der Waals surface area contributed by atoms with E-state index in [1.807, 2.05) is 30.9 Å². The van der Waals surface area contributed by atoms with Crippen molar-refractivity contribution in [1.82, 2.24) is 10.2 Å². The van der Waals surface area contributed by atoms with Gasteiger partial charge in [0.2, 0.25) is 11.8 Å². The second-order valence-electron chi connectivity index (χ2n) is 7.21. The van der Waals surface area contributed by atoms with Gasteiger partial charge in [0.1, 0.15) is 0 Å². The topological polar surface area (TPSA) is 93.9 Å². The molecule has 0 aromatic heterocycles. The minimum Gasteiger partial charge on any atom is -0.493 e. The summed E-state index contributed by atoms with van der Waals surface area (Å²) in [6.07, 6.45) is 1.80. The summed E-state index contributed by atoms with van der Waals surface area (Å²) in [4.78, 5) is 26.2. The van der Waals surface area contributed by atoms with E-state index in [0.717, 1.165) is 12.0 Å². The fourth-order valence-electron chi connectivity index (χ4n) is 3.13. The molecule has 1 aromatic carbocycles. The van der Waals surface area contributed by atoms with Crippen molar-refractivity contribution in [1.29, 1.82) is 0 Å². The maximum atomic E-state index is 12.5. The zero-order valence-corrected chi connectivity index (χ0v) is 16.7. The van der Waals surface area contributed by atoms with Crippen LogP contribution in [0.5, 0.6) is 11.5 Å². The first kappa shape index (κ1) is 21.0. The SMILES string of the molecule is COc1cc2c(cc1OC)CN(C(=O)CCCNC(=O)[C@@H](N)C(C)C)CC2. The first-order valence-corrected chi connectivity index (χ1v) is 9.42. The van der Waals surface area contributed by atoms with Gasteiger partial charge < -0.3 is 25.4 Å². The van der Waals surface area contributed by atoms with E-state index in [2.05, 4.69) is 5.32 Å². The van der Waals surface area contributed by atoms with Crippen LogP contribution in [0.1, 0.15) is 37.8 Å². The molecular formula is C20H31N3O4. The Labute approximate surface area is 161 Å². The number of rotatable bonds is 8. The molecule has 27 heavy (non-hydrogen) atoms. The highest BCUT2D eigenvalue weighted by Gasteiger charge is 2.23. The van der Waals surface area contributed by atoms with Gasteiger partial charge in [-0.2, -0.15) is 0 Å². The van der Waals surface area contributed by atoms with Crippen molar-refractivity contribution in [3.05, 3.63) is 23.3 Å². The fraction of sp³-hybridized carbons (Fsp3) is 0.600. The van der Waals surface area contributed by atoms with E-state index in [9.17, 15) is 9.59 Å². The van der Waals surface area contributed by atoms with Crippen LogP contribution in [-0.2, 0) is 22.6 Å². The quantitative estimate of drug-likeness (QED) is 0.669. The van der Waals surface area contributed by atoms with Crippen LogP contribution < -0.4 is 20.5 Å². The Hall–Kier alpha value is -2.28. The summed E-state index contributed by atoms with van der Waals surface area (Å²) in [7, 11) is 3.23. The summed E-state index contributed by atoms with van der Waals surface area (Å²) < 4.78 is 10.7. The third-order valence-electron chi connectivity index (χ3n) is 4.96. The molecule has 7 heteroatoms. The highest BCUT2D eigenvalue weighted by molar-refractivity contribution is 5.81. The van der Waals surface area contributed by atoms with Crippen LogP contribution in [0.3, 0.4) is 0 Å². The van der Waals surface area contributed by atoms with E-state index in [0.29, 0.717) is 44.0 Å². The molecular weight excluding hydrogens is 346 g/mol. The number of methoxy groups -OCH3 is 2. The molecule has 150 valence electrons. The van der Waals surface area contributed by atoms with E-state index in [4.69, 9.17) is 15.2 Å². The maximum absolute atomic E-state index is 12.5. The Morgan fingerprint density at radius 2 is 1.81 bits per heavy atom. The highest BCUT2D eigenvalue weighted by atomic mass is 16.5. The standard InChI is InChI=1S/C20H31N3O4/c1-13(2)19(21)20(25)22-8-5-6-18(24)23-9-7-14-10-16(26-3)17(27-4)11-15(14)12-23/h10-11,13,19H,5-9,12,21H2,1-4H3,(H,22,25)/t19-/m0/s1. The van der Waals surface area contributed by atoms with Crippen molar-refractivity contribution in [2.75, 3.05) is 27.3 Å². The van der Waals surface area contributed by atoms with Crippen LogP contribution >= 0.6 is 0 Å². The number of hydrogen-bond acceptors (Lipinski definition) is 5. The molecule has 0 saturated heterocycles. The molecule has 0 aliphatic carbocycles. The van der Waals surface area contributed by atoms with Crippen LogP contribution in [-0.4, -0.2) is 50.1 Å². The summed E-state index contributed by atoms with van der Waals surface area (Å²) >= 11 is 0. The van der Waals surface area contributed by atoms with Crippen LogP contribution in [0.4, 0.5) is 0 Å². The number of nitrogens with two attached hydrogens (primary N) is 1. The molecule has 1 aromatic rings. The number of benzene rings is 1. The summed E-state index contributed by atoms with van der Waals surface area (Å²) in [5, 5.41) is 2.80. The Bertz CT molecular complexity index is 675. The summed E-state index contributed by atoms with van der Waals surface area (Å²) in [5.74, 6) is 1.42. The van der Waals surface area contributed by atoms with Crippen molar-refractivity contribution in [2.45, 2.75) is 45.7 Å². The van der Waals surface area contributed by atoms with E-state index < -0.39 is 6.04 Å². The lowest BCUT2D eigenvalue weighted by molar-refractivity contribution is -0.132. The number of fused-ring (bicyclic) bond motifs is 1. The van der Waals surface area contributed by atoms with Gasteiger partial charge >= 0.3 is 0 Å². The van der Waals surface area contributed by atoms with Gasteiger partial charge in [0.25, 0.3) is 0 Å². The van der Waals surface area contributed by atoms with Gasteiger partial charge in [-0.1, -0.05) is 13.8 Å². The molecule has 2 rings (SSSR count). The molecule has 0 saturated carbocycles. The van der Waals surface area contributed by atoms with Crippen molar-refractivity contribution < 1.29 is 19.1 Å². The normalized spacial score (nSPS) is 14.5. The zero-order valence-electron chi connectivity index (χ0n) is 16.7. The Kier molecular flexibility index (Phi) is 7.47. The van der Waals surface area contributed by atoms with E-state index in [1.54, 1.807) is 14.2 Å². The minimum atomic E-state index is -0.508. The van der Waals surface area contributed by atoms with Crippen molar-refractivity contribution in [2.24, 2.45) is 11.7 Å². The van der Waals surface area contributed by atoms with Gasteiger partial charge in [-0.3, -0.25) is 9.59 Å². The molecule has 3 N–H and O–H groups in total. The lowest BCUT2D eigenvalue weighted by atomic mass is 9.98. The Morgan fingerprint density at radius 1 is 1.19 bits per heavy atom. The monoisotopic (exact) mass is 377 g/mol. The number of amides is 2. The average molecular weight is 377 g/mol. The van der Waals surface area contributed by atoms with Gasteiger partial charge in [0, 0.05) is 26.1 Å². The summed E-state index contributed by atoms with van der Waals surface area (Å²) in [6, 6.07) is 3.43. The molecule has 0 fully saturated rings. The van der Waals surface area contributed by atoms with Crippen LogP contribution in [0.15, 0.2) is 12.1 Å². The van der Waals surface area contributed by atoms with E-state index in [1.165, 1.54) is 5.56 Å². The van der Waals surface area contributed by atoms with Gasteiger partial charge in [-0.05, 0) is 42.0 Å². The Morgan fingerprint density at radius 3 is 2.41 bits per heavy atom. The lowest BCUT2D eigenvalue weighted by Crippen LogP contribution is -2.44. The van der Waals surface area contributed by atoms with E-state index >= 15 is 0 Å². The molecule has 7 nitrogen and oxygen atoms in total. The molecule has 0 bridgehead atoms. The number of carbonyl (C=O) groups excluding carboxylic acids is 2. The summed E-state index contributed by atoms with van der Waals surface area (Å²) in [6.45, 7) is 5.53. The van der Waals surface area contributed by atoms with Gasteiger partial charge in [0.15, 0.2) is 11.5 Å². The molecule has 0 radical (unpaired) electrons. The molecule has 0 unspecified atom stereocenters. The first-order valence-electron chi connectivity index (χ1n) is 9.42. The number of hydrogen-bond donors (Lipinski definition) is 2. The average Bonchev–Trinajstić information content (AvgIpc) is 2.68. The third-order valence-corrected chi connectivity index (χ3v) is 4.96. The zero-order chi connectivity index (χ0) is 20.0. The molecule has 0 spiro atoms. The largest absolute Gasteiger partial charge is 0.493 e. The van der Waals surface area contributed by atoms with Gasteiger partial charge in [-0.15, -0.1) is 0 Å². The maximum Gasteiger partial charge on any atom is 0.237 e. The van der Waals surface area contributed by atoms with Crippen LogP contribution in [0, 0.1) is 5.92 Å². The van der Waals surface area contributed by atoms with Crippen LogP contribution in [0.25, 0.3) is 0 Å². The summed E-state index contributed by atoms with van der Waals surface area (Å²) in [5.41, 5.74) is 8.08. The van der Waals surface area contributed by atoms with Crippen molar-refractivity contribution in [3.63, 3.8) is 0 Å². The second-order valence-corrected chi connectivity index (χ2v) is 7.21. The number of ether oxygens (including phenoxy) is 2. The predicted octanol–water partition coefficient (Wildman–Crippen LogP) is 1.47. The van der Waals surface area contributed by atoms with Gasteiger partial charge in [0.05, 0.1) is 20.3 Å². The second kappa shape index (κ2) is 9.60. The molecule has 1 heterocycles. The number of carbonyl (C=O) groups is 2. The molecule has 1 aliphatic heterocycles. The fourth-order valence-corrected chi connectivity index (χ4v) is 3.13. The van der Waals surface area contributed by atoms with Gasteiger partial charge in [-0.25, -0.2) is 0 Å². The van der Waals surface area contributed by atoms with Crippen molar-refractivity contribution in [3.8, 4) is 11.5 Å². The first-order chi connectivity index (χ1) is 12.9.